The molecule has 0 bridgehead atoms. The van der Waals surface area contributed by atoms with Crippen LogP contribution in [0.4, 0.5) is 5.69 Å². The first kappa shape index (κ1) is 15.5. The number of nitrogens with one attached hydrogen (secondary N) is 1. The van der Waals surface area contributed by atoms with Gasteiger partial charge < -0.3 is 10.1 Å². The van der Waals surface area contributed by atoms with Gasteiger partial charge in [-0.05, 0) is 54.2 Å². The zero-order valence-corrected chi connectivity index (χ0v) is 13.8. The number of halogens is 1. The minimum Gasteiger partial charge on any atom is -0.497 e. The molecule has 116 valence electrons. The van der Waals surface area contributed by atoms with Crippen molar-refractivity contribution >= 4 is 46.6 Å². The first-order valence-electron chi connectivity index (χ1n) is 6.85. The number of amides is 1. The summed E-state index contributed by atoms with van der Waals surface area (Å²) in [5.74, 6) is 0.499. The van der Waals surface area contributed by atoms with E-state index in [2.05, 4.69) is 5.32 Å². The van der Waals surface area contributed by atoms with Crippen LogP contribution in [0.2, 0.25) is 5.02 Å². The second-order valence-corrected chi connectivity index (χ2v) is 5.71. The molecule has 0 unspecified atom stereocenters. The number of methoxy groups -OCH3 is 1. The molecule has 3 rings (SSSR count). The molecule has 23 heavy (non-hydrogen) atoms. The Hall–Kier alpha value is -2.37. The second kappa shape index (κ2) is 6.40. The van der Waals surface area contributed by atoms with Gasteiger partial charge >= 0.3 is 0 Å². The molecule has 1 aliphatic heterocycles. The van der Waals surface area contributed by atoms with Gasteiger partial charge in [-0.2, -0.15) is 0 Å². The van der Waals surface area contributed by atoms with Crippen molar-refractivity contribution in [1.82, 2.24) is 5.32 Å². The highest BCUT2D eigenvalue weighted by Crippen LogP contribution is 2.25. The topological polar surface area (TPSA) is 41.6 Å². The maximum Gasteiger partial charge on any atom is 0.281 e. The van der Waals surface area contributed by atoms with Crippen LogP contribution in [0.15, 0.2) is 54.2 Å². The molecule has 4 nitrogen and oxygen atoms in total. The van der Waals surface area contributed by atoms with Crippen LogP contribution >= 0.6 is 23.8 Å². The Bertz CT molecular complexity index is 820. The zero-order valence-electron chi connectivity index (χ0n) is 12.2. The SMILES string of the molecule is COc1cccc(/C=C2\NC(=S)N(c3cccc(Cl)c3)C2=O)c1. The maximum atomic E-state index is 12.6. The standard InChI is InChI=1S/C17H13ClN2O2S/c1-22-14-7-2-4-11(8-14)9-15-16(21)20(17(23)19-15)13-6-3-5-12(18)10-13/h2-10H,1H3,(H,19,23)/b15-9-. The molecule has 2 aromatic rings. The molecule has 6 heteroatoms. The van der Waals surface area contributed by atoms with Gasteiger partial charge in [0, 0.05) is 5.02 Å². The number of thiocarbonyl (C=S) groups is 1. The fraction of sp³-hybridized carbons (Fsp3) is 0.0588. The van der Waals surface area contributed by atoms with Crippen LogP contribution in [-0.2, 0) is 4.79 Å². The molecule has 0 atom stereocenters. The van der Waals surface area contributed by atoms with Gasteiger partial charge in [-0.25, -0.2) is 0 Å². The van der Waals surface area contributed by atoms with Crippen molar-refractivity contribution in [2.75, 3.05) is 12.0 Å². The van der Waals surface area contributed by atoms with Crippen LogP contribution in [-0.4, -0.2) is 18.1 Å². The van der Waals surface area contributed by atoms with Gasteiger partial charge in [-0.3, -0.25) is 9.69 Å². The lowest BCUT2D eigenvalue weighted by Gasteiger charge is -2.13. The minimum atomic E-state index is -0.222. The van der Waals surface area contributed by atoms with Crippen molar-refractivity contribution in [3.63, 3.8) is 0 Å². The normalized spacial score (nSPS) is 15.9. The number of hydrogen-bond donors (Lipinski definition) is 1. The highest BCUT2D eigenvalue weighted by Gasteiger charge is 2.31. The summed E-state index contributed by atoms with van der Waals surface area (Å²) in [7, 11) is 1.60. The molecule has 0 aromatic heterocycles. The molecule has 0 saturated carbocycles. The zero-order chi connectivity index (χ0) is 16.4. The number of ether oxygens (including phenoxy) is 1. The van der Waals surface area contributed by atoms with E-state index in [-0.39, 0.29) is 5.91 Å². The summed E-state index contributed by atoms with van der Waals surface area (Å²) in [5, 5.41) is 3.81. The molecular weight excluding hydrogens is 332 g/mol. The van der Waals surface area contributed by atoms with Crippen LogP contribution in [0.25, 0.3) is 6.08 Å². The van der Waals surface area contributed by atoms with Gasteiger partial charge in [-0.1, -0.05) is 29.8 Å². The monoisotopic (exact) mass is 344 g/mol. The van der Waals surface area contributed by atoms with Gasteiger partial charge in [0.25, 0.3) is 5.91 Å². The number of rotatable bonds is 3. The molecule has 1 amide bonds. The first-order chi connectivity index (χ1) is 11.1. The van der Waals surface area contributed by atoms with E-state index in [4.69, 9.17) is 28.6 Å². The molecule has 0 radical (unpaired) electrons. The van der Waals surface area contributed by atoms with E-state index in [0.717, 1.165) is 11.3 Å². The predicted octanol–water partition coefficient (Wildman–Crippen LogP) is 3.61. The fourth-order valence-corrected chi connectivity index (χ4v) is 2.77. The first-order valence-corrected chi connectivity index (χ1v) is 7.64. The second-order valence-electron chi connectivity index (χ2n) is 4.89. The van der Waals surface area contributed by atoms with Crippen molar-refractivity contribution in [2.45, 2.75) is 0 Å². The third-order valence-corrected chi connectivity index (χ3v) is 3.87. The molecule has 0 aliphatic carbocycles. The Morgan fingerprint density at radius 1 is 1.22 bits per heavy atom. The summed E-state index contributed by atoms with van der Waals surface area (Å²) in [6.07, 6.45) is 1.74. The Labute approximate surface area is 144 Å². The number of nitrogens with zero attached hydrogens (tertiary/aromatic N) is 1. The van der Waals surface area contributed by atoms with E-state index >= 15 is 0 Å². The average molecular weight is 345 g/mol. The van der Waals surface area contributed by atoms with Crippen LogP contribution < -0.4 is 15.0 Å². The van der Waals surface area contributed by atoms with Crippen molar-refractivity contribution in [2.24, 2.45) is 0 Å². The number of carbonyl (C=O) groups excluding carboxylic acids is 1. The lowest BCUT2D eigenvalue weighted by atomic mass is 10.2. The number of benzene rings is 2. The summed E-state index contributed by atoms with van der Waals surface area (Å²) >= 11 is 11.3. The van der Waals surface area contributed by atoms with Crippen LogP contribution in [0.1, 0.15) is 5.56 Å². The fourth-order valence-electron chi connectivity index (χ4n) is 2.28. The highest BCUT2D eigenvalue weighted by atomic mass is 35.5. The summed E-state index contributed by atoms with van der Waals surface area (Å²) in [6.45, 7) is 0. The van der Waals surface area contributed by atoms with Crippen molar-refractivity contribution in [1.29, 1.82) is 0 Å². The Morgan fingerprint density at radius 3 is 2.74 bits per heavy atom. The lowest BCUT2D eigenvalue weighted by molar-refractivity contribution is -0.113. The van der Waals surface area contributed by atoms with Crippen molar-refractivity contribution < 1.29 is 9.53 Å². The van der Waals surface area contributed by atoms with E-state index < -0.39 is 0 Å². The molecule has 1 heterocycles. The molecule has 1 saturated heterocycles. The van der Waals surface area contributed by atoms with Gasteiger partial charge in [0.05, 0.1) is 12.8 Å². The highest BCUT2D eigenvalue weighted by molar-refractivity contribution is 7.80. The lowest BCUT2D eigenvalue weighted by Crippen LogP contribution is -2.30. The Morgan fingerprint density at radius 2 is 2.00 bits per heavy atom. The number of anilines is 1. The van der Waals surface area contributed by atoms with Crippen LogP contribution in [0, 0.1) is 0 Å². The smallest absolute Gasteiger partial charge is 0.281 e. The predicted molar refractivity (Wildman–Crippen MR) is 95.6 cm³/mol. The van der Waals surface area contributed by atoms with E-state index in [0.29, 0.717) is 21.5 Å². The number of carbonyl (C=O) groups is 1. The molecule has 1 aliphatic rings. The quantitative estimate of drug-likeness (QED) is 0.682. The number of hydrogen-bond acceptors (Lipinski definition) is 3. The Balaban J connectivity index is 1.93. The molecule has 0 spiro atoms. The largest absolute Gasteiger partial charge is 0.497 e. The van der Waals surface area contributed by atoms with Crippen molar-refractivity contribution in [3.05, 3.63) is 64.8 Å². The van der Waals surface area contributed by atoms with E-state index in [1.165, 1.54) is 4.90 Å². The molecular formula is C17H13ClN2O2S. The summed E-state index contributed by atoms with van der Waals surface area (Å²) < 4.78 is 5.19. The van der Waals surface area contributed by atoms with Crippen molar-refractivity contribution in [3.8, 4) is 5.75 Å². The molecule has 1 N–H and O–H groups in total. The van der Waals surface area contributed by atoms with Crippen LogP contribution in [0.3, 0.4) is 0 Å². The van der Waals surface area contributed by atoms with Gasteiger partial charge in [0.2, 0.25) is 0 Å². The van der Waals surface area contributed by atoms with Gasteiger partial charge in [0.15, 0.2) is 5.11 Å². The average Bonchev–Trinajstić information content (AvgIpc) is 2.81. The van der Waals surface area contributed by atoms with Gasteiger partial charge in [-0.15, -0.1) is 0 Å². The Kier molecular flexibility index (Phi) is 4.32. The summed E-state index contributed by atoms with van der Waals surface area (Å²) in [6, 6.07) is 14.4. The van der Waals surface area contributed by atoms with E-state index in [1.54, 1.807) is 37.5 Å². The third kappa shape index (κ3) is 3.21. The third-order valence-electron chi connectivity index (χ3n) is 3.35. The summed E-state index contributed by atoms with van der Waals surface area (Å²) in [5.41, 5.74) is 1.88. The van der Waals surface area contributed by atoms with Gasteiger partial charge in [0.1, 0.15) is 11.4 Å². The summed E-state index contributed by atoms with van der Waals surface area (Å²) in [4.78, 5) is 14.0. The minimum absolute atomic E-state index is 0.222. The van der Waals surface area contributed by atoms with E-state index in [9.17, 15) is 4.79 Å². The van der Waals surface area contributed by atoms with E-state index in [1.807, 2.05) is 24.3 Å². The molecule has 1 fully saturated rings. The molecule has 2 aromatic carbocycles. The maximum absolute atomic E-state index is 12.6. The van der Waals surface area contributed by atoms with Crippen LogP contribution in [0.5, 0.6) is 5.75 Å².